The second-order valence-electron chi connectivity index (χ2n) is 6.25. The van der Waals surface area contributed by atoms with Crippen LogP contribution in [0.2, 0.25) is 0 Å². The zero-order chi connectivity index (χ0) is 13.7. The maximum Gasteiger partial charge on any atom is 0.00761 e. The van der Waals surface area contributed by atoms with E-state index in [0.717, 1.165) is 5.92 Å². The Bertz CT molecular complexity index is 360. The van der Waals surface area contributed by atoms with Gasteiger partial charge in [0.1, 0.15) is 0 Å². The van der Waals surface area contributed by atoms with Crippen LogP contribution in [0.3, 0.4) is 0 Å². The predicted molar refractivity (Wildman–Crippen MR) is 83.2 cm³/mol. The van der Waals surface area contributed by atoms with Crippen LogP contribution in [0.4, 0.5) is 0 Å². The average molecular weight is 259 g/mol. The molecule has 1 aliphatic carbocycles. The van der Waals surface area contributed by atoms with Crippen LogP contribution in [0.5, 0.6) is 0 Å². The van der Waals surface area contributed by atoms with Crippen molar-refractivity contribution >= 4 is 0 Å². The highest BCUT2D eigenvalue weighted by Gasteiger charge is 2.27. The van der Waals surface area contributed by atoms with Gasteiger partial charge in [-0.15, -0.1) is 0 Å². The second-order valence-corrected chi connectivity index (χ2v) is 6.25. The van der Waals surface area contributed by atoms with E-state index in [-0.39, 0.29) is 0 Å². The minimum absolute atomic E-state index is 0.384. The maximum absolute atomic E-state index is 6.51. The summed E-state index contributed by atoms with van der Waals surface area (Å²) in [5.74, 6) is 1.51. The molecule has 0 spiro atoms. The molecule has 0 bridgehead atoms. The standard InChI is InChI=1S/C18H29N/c1-3-5-8-14(4-2)11-18(19)17-12-15-9-6-7-10-16(15)13-17/h6-7,9-10,14,17-18H,3-5,8,11-13,19H2,1-2H3. The van der Waals surface area contributed by atoms with Crippen molar-refractivity contribution in [1.82, 2.24) is 0 Å². The van der Waals surface area contributed by atoms with E-state index in [1.807, 2.05) is 0 Å². The summed E-state index contributed by atoms with van der Waals surface area (Å²) in [4.78, 5) is 0. The Labute approximate surface area is 118 Å². The number of hydrogen-bond acceptors (Lipinski definition) is 1. The van der Waals surface area contributed by atoms with Crippen LogP contribution in [0.25, 0.3) is 0 Å². The Balaban J connectivity index is 1.86. The zero-order valence-electron chi connectivity index (χ0n) is 12.6. The molecule has 0 radical (unpaired) electrons. The van der Waals surface area contributed by atoms with Gasteiger partial charge in [0, 0.05) is 6.04 Å². The molecule has 1 aliphatic rings. The summed E-state index contributed by atoms with van der Waals surface area (Å²) in [6.07, 6.45) is 8.92. The van der Waals surface area contributed by atoms with Crippen molar-refractivity contribution in [3.8, 4) is 0 Å². The van der Waals surface area contributed by atoms with Crippen LogP contribution in [0.15, 0.2) is 24.3 Å². The maximum atomic E-state index is 6.51. The number of unbranched alkanes of at least 4 members (excludes halogenated alkanes) is 1. The molecule has 19 heavy (non-hydrogen) atoms. The topological polar surface area (TPSA) is 26.0 Å². The summed E-state index contributed by atoms with van der Waals surface area (Å²) < 4.78 is 0. The van der Waals surface area contributed by atoms with Crippen LogP contribution in [-0.4, -0.2) is 6.04 Å². The molecule has 0 aliphatic heterocycles. The fourth-order valence-corrected chi connectivity index (χ4v) is 3.45. The highest BCUT2D eigenvalue weighted by atomic mass is 14.7. The molecule has 0 saturated heterocycles. The van der Waals surface area contributed by atoms with Gasteiger partial charge in [0.2, 0.25) is 0 Å². The normalized spacial score (nSPS) is 18.3. The van der Waals surface area contributed by atoms with E-state index in [9.17, 15) is 0 Å². The van der Waals surface area contributed by atoms with Crippen molar-refractivity contribution in [2.24, 2.45) is 17.6 Å². The molecule has 2 atom stereocenters. The number of rotatable bonds is 7. The Morgan fingerprint density at radius 2 is 1.79 bits per heavy atom. The van der Waals surface area contributed by atoms with Crippen LogP contribution in [0.1, 0.15) is 57.1 Å². The molecule has 1 nitrogen and oxygen atoms in total. The largest absolute Gasteiger partial charge is 0.327 e. The fraction of sp³-hybridized carbons (Fsp3) is 0.667. The highest BCUT2D eigenvalue weighted by Crippen LogP contribution is 2.31. The van der Waals surface area contributed by atoms with Gasteiger partial charge in [-0.2, -0.15) is 0 Å². The van der Waals surface area contributed by atoms with E-state index in [1.165, 1.54) is 56.1 Å². The molecule has 0 fully saturated rings. The van der Waals surface area contributed by atoms with Crippen LogP contribution >= 0.6 is 0 Å². The second kappa shape index (κ2) is 7.09. The van der Waals surface area contributed by atoms with Gasteiger partial charge in [0.05, 0.1) is 0 Å². The minimum Gasteiger partial charge on any atom is -0.327 e. The minimum atomic E-state index is 0.384. The molecule has 1 aromatic carbocycles. The summed E-state index contributed by atoms with van der Waals surface area (Å²) in [5.41, 5.74) is 9.57. The summed E-state index contributed by atoms with van der Waals surface area (Å²) in [7, 11) is 0. The van der Waals surface area contributed by atoms with Crippen LogP contribution in [0, 0.1) is 11.8 Å². The first kappa shape index (κ1) is 14.6. The number of hydrogen-bond donors (Lipinski definition) is 1. The van der Waals surface area contributed by atoms with Gasteiger partial charge in [-0.3, -0.25) is 0 Å². The van der Waals surface area contributed by atoms with Crippen molar-refractivity contribution < 1.29 is 0 Å². The van der Waals surface area contributed by atoms with Gasteiger partial charge in [-0.25, -0.2) is 0 Å². The van der Waals surface area contributed by atoms with Gasteiger partial charge in [-0.05, 0) is 42.2 Å². The lowest BCUT2D eigenvalue weighted by atomic mass is 9.86. The monoisotopic (exact) mass is 259 g/mol. The van der Waals surface area contributed by atoms with Crippen LogP contribution in [-0.2, 0) is 12.8 Å². The van der Waals surface area contributed by atoms with Crippen molar-refractivity contribution in [3.05, 3.63) is 35.4 Å². The first-order valence-electron chi connectivity index (χ1n) is 8.06. The molecule has 106 valence electrons. The smallest absolute Gasteiger partial charge is 0.00761 e. The van der Waals surface area contributed by atoms with E-state index >= 15 is 0 Å². The molecule has 1 heteroatoms. The molecular weight excluding hydrogens is 230 g/mol. The molecule has 0 aromatic heterocycles. The molecule has 0 amide bonds. The highest BCUT2D eigenvalue weighted by molar-refractivity contribution is 5.32. The first-order chi connectivity index (χ1) is 9.24. The van der Waals surface area contributed by atoms with Gasteiger partial charge in [0.25, 0.3) is 0 Å². The van der Waals surface area contributed by atoms with Crippen molar-refractivity contribution in [2.75, 3.05) is 0 Å². The van der Waals surface area contributed by atoms with E-state index in [2.05, 4.69) is 38.1 Å². The lowest BCUT2D eigenvalue weighted by Gasteiger charge is -2.24. The summed E-state index contributed by atoms with van der Waals surface area (Å²) in [6.45, 7) is 4.59. The molecule has 2 N–H and O–H groups in total. The Morgan fingerprint density at radius 3 is 2.32 bits per heavy atom. The SMILES string of the molecule is CCCCC(CC)CC(N)C1Cc2ccccc2C1. The number of nitrogens with two attached hydrogens (primary N) is 1. The van der Waals surface area contributed by atoms with Gasteiger partial charge >= 0.3 is 0 Å². The third kappa shape index (κ3) is 3.82. The van der Waals surface area contributed by atoms with Gasteiger partial charge in [0.15, 0.2) is 0 Å². The summed E-state index contributed by atoms with van der Waals surface area (Å²) in [6, 6.07) is 9.24. The van der Waals surface area contributed by atoms with Crippen LogP contribution < -0.4 is 5.73 Å². The third-order valence-electron chi connectivity index (χ3n) is 4.84. The molecule has 1 aromatic rings. The van der Waals surface area contributed by atoms with Crippen molar-refractivity contribution in [1.29, 1.82) is 0 Å². The molecular formula is C18H29N. The Morgan fingerprint density at radius 1 is 1.16 bits per heavy atom. The van der Waals surface area contributed by atoms with Crippen molar-refractivity contribution in [3.63, 3.8) is 0 Å². The first-order valence-corrected chi connectivity index (χ1v) is 8.06. The zero-order valence-corrected chi connectivity index (χ0v) is 12.6. The lowest BCUT2D eigenvalue weighted by molar-refractivity contribution is 0.323. The summed E-state index contributed by atoms with van der Waals surface area (Å²) in [5, 5.41) is 0. The molecule has 0 saturated carbocycles. The van der Waals surface area contributed by atoms with E-state index in [1.54, 1.807) is 0 Å². The Kier molecular flexibility index (Phi) is 5.45. The van der Waals surface area contributed by atoms with E-state index in [4.69, 9.17) is 5.73 Å². The van der Waals surface area contributed by atoms with Gasteiger partial charge in [-0.1, -0.05) is 63.8 Å². The fourth-order valence-electron chi connectivity index (χ4n) is 3.45. The number of benzene rings is 1. The molecule has 2 rings (SSSR count). The van der Waals surface area contributed by atoms with Crippen molar-refractivity contribution in [2.45, 2.75) is 64.8 Å². The third-order valence-corrected chi connectivity index (χ3v) is 4.84. The summed E-state index contributed by atoms with van der Waals surface area (Å²) >= 11 is 0. The lowest BCUT2D eigenvalue weighted by Crippen LogP contribution is -2.32. The van der Waals surface area contributed by atoms with E-state index < -0.39 is 0 Å². The number of fused-ring (bicyclic) bond motifs is 1. The quantitative estimate of drug-likeness (QED) is 0.774. The average Bonchev–Trinajstić information content (AvgIpc) is 2.87. The van der Waals surface area contributed by atoms with Gasteiger partial charge < -0.3 is 5.73 Å². The Hall–Kier alpha value is -0.820. The molecule has 0 heterocycles. The van der Waals surface area contributed by atoms with E-state index in [0.29, 0.717) is 12.0 Å². The molecule has 2 unspecified atom stereocenters. The predicted octanol–water partition coefficient (Wildman–Crippen LogP) is 4.34.